The number of cyclic esters (lactones) is 1. The Kier molecular flexibility index (Phi) is 8.81. The number of esters is 1. The van der Waals surface area contributed by atoms with E-state index in [1.54, 1.807) is 6.26 Å². The number of hydrogen-bond donors (Lipinski definition) is 1. The van der Waals surface area contributed by atoms with Crippen molar-refractivity contribution in [1.82, 2.24) is 0 Å². The van der Waals surface area contributed by atoms with Crippen LogP contribution in [0.2, 0.25) is 0 Å². The first-order chi connectivity index (χ1) is 11.0. The normalized spacial score (nSPS) is 28.5. The van der Waals surface area contributed by atoms with Gasteiger partial charge in [0.15, 0.2) is 0 Å². The first kappa shape index (κ1) is 21.0. The monoisotopic (exact) mass is 359 g/mol. The predicted molar refractivity (Wildman–Crippen MR) is 95.1 cm³/mol. The third kappa shape index (κ3) is 6.11. The lowest BCUT2D eigenvalue weighted by molar-refractivity contribution is -0.160. The van der Waals surface area contributed by atoms with E-state index in [1.807, 2.05) is 19.1 Å². The first-order valence-electron chi connectivity index (χ1n) is 8.57. The SMILES string of the molecule is CC(C)CO[C@@H]1[C@@H](Cc2ccco2)CCC[C@H](N)C(=O)O[C@H]1C.Cl. The molecular weight excluding hydrogens is 330 g/mol. The Morgan fingerprint density at radius 3 is 2.75 bits per heavy atom. The molecule has 0 unspecified atom stereocenters. The summed E-state index contributed by atoms with van der Waals surface area (Å²) in [5.41, 5.74) is 5.89. The number of rotatable bonds is 5. The van der Waals surface area contributed by atoms with Crippen LogP contribution in [0.5, 0.6) is 0 Å². The molecule has 2 heterocycles. The van der Waals surface area contributed by atoms with Gasteiger partial charge >= 0.3 is 5.97 Å². The highest BCUT2D eigenvalue weighted by Gasteiger charge is 2.34. The van der Waals surface area contributed by atoms with Crippen molar-refractivity contribution in [1.29, 1.82) is 0 Å². The van der Waals surface area contributed by atoms with Gasteiger partial charge in [0, 0.05) is 13.0 Å². The minimum atomic E-state index is -0.537. The van der Waals surface area contributed by atoms with Gasteiger partial charge in [0.1, 0.15) is 17.9 Å². The minimum absolute atomic E-state index is 0. The molecule has 24 heavy (non-hydrogen) atoms. The molecule has 1 aliphatic rings. The Balaban J connectivity index is 0.00000288. The highest BCUT2D eigenvalue weighted by molar-refractivity contribution is 5.85. The van der Waals surface area contributed by atoms with E-state index in [-0.39, 0.29) is 36.5 Å². The zero-order valence-electron chi connectivity index (χ0n) is 14.8. The van der Waals surface area contributed by atoms with E-state index in [0.29, 0.717) is 18.9 Å². The minimum Gasteiger partial charge on any atom is -0.469 e. The fourth-order valence-corrected chi connectivity index (χ4v) is 3.08. The average Bonchev–Trinajstić information content (AvgIpc) is 2.99. The molecular formula is C18H30ClNO4. The largest absolute Gasteiger partial charge is 0.469 e. The molecule has 0 aliphatic carbocycles. The van der Waals surface area contributed by atoms with Gasteiger partial charge in [0.2, 0.25) is 0 Å². The number of carbonyl (C=O) groups excluding carboxylic acids is 1. The van der Waals surface area contributed by atoms with Crippen LogP contribution >= 0.6 is 12.4 Å². The van der Waals surface area contributed by atoms with E-state index in [1.165, 1.54) is 0 Å². The molecule has 0 bridgehead atoms. The number of carbonyl (C=O) groups is 1. The van der Waals surface area contributed by atoms with Crippen LogP contribution < -0.4 is 5.73 Å². The van der Waals surface area contributed by atoms with E-state index in [4.69, 9.17) is 19.6 Å². The van der Waals surface area contributed by atoms with Crippen LogP contribution in [-0.2, 0) is 20.7 Å². The smallest absolute Gasteiger partial charge is 0.323 e. The Labute approximate surface area is 150 Å². The standard InChI is InChI=1S/C18H29NO4.ClH/c1-12(2)11-22-17-13(3)23-18(20)16(19)8-4-6-14(17)10-15-7-5-9-21-15;/h5,7,9,12-14,16-17H,4,6,8,10-11,19H2,1-3H3;1H/t13-,14+,16-,17-;/m0./s1. The summed E-state index contributed by atoms with van der Waals surface area (Å²) in [4.78, 5) is 12.0. The van der Waals surface area contributed by atoms with Gasteiger partial charge in [-0.25, -0.2) is 0 Å². The summed E-state index contributed by atoms with van der Waals surface area (Å²) in [7, 11) is 0. The molecule has 0 aromatic carbocycles. The summed E-state index contributed by atoms with van der Waals surface area (Å²) < 4.78 is 17.2. The topological polar surface area (TPSA) is 74.7 Å². The number of hydrogen-bond acceptors (Lipinski definition) is 5. The number of halogens is 1. The Morgan fingerprint density at radius 2 is 2.12 bits per heavy atom. The van der Waals surface area contributed by atoms with Crippen molar-refractivity contribution in [3.05, 3.63) is 24.2 Å². The summed E-state index contributed by atoms with van der Waals surface area (Å²) in [5, 5.41) is 0. The molecule has 0 saturated carbocycles. The summed E-state index contributed by atoms with van der Waals surface area (Å²) in [6.45, 7) is 6.77. The van der Waals surface area contributed by atoms with Crippen molar-refractivity contribution in [3.63, 3.8) is 0 Å². The zero-order chi connectivity index (χ0) is 16.8. The maximum atomic E-state index is 12.0. The van der Waals surface area contributed by atoms with E-state index in [0.717, 1.165) is 25.0 Å². The van der Waals surface area contributed by atoms with Crippen LogP contribution in [0.1, 0.15) is 45.8 Å². The molecule has 138 valence electrons. The molecule has 0 spiro atoms. The summed E-state index contributed by atoms with van der Waals surface area (Å²) >= 11 is 0. The molecule has 1 fully saturated rings. The number of furan rings is 1. The number of nitrogens with two attached hydrogens (primary N) is 1. The van der Waals surface area contributed by atoms with Gasteiger partial charge in [-0.1, -0.05) is 20.3 Å². The Morgan fingerprint density at radius 1 is 1.38 bits per heavy atom. The van der Waals surface area contributed by atoms with E-state index in [9.17, 15) is 4.79 Å². The van der Waals surface area contributed by atoms with Gasteiger partial charge in [-0.3, -0.25) is 4.79 Å². The van der Waals surface area contributed by atoms with Crippen LogP contribution in [-0.4, -0.2) is 30.8 Å². The maximum absolute atomic E-state index is 12.0. The van der Waals surface area contributed by atoms with E-state index >= 15 is 0 Å². The quantitative estimate of drug-likeness (QED) is 0.816. The van der Waals surface area contributed by atoms with Crippen LogP contribution in [0, 0.1) is 11.8 Å². The maximum Gasteiger partial charge on any atom is 0.323 e. The molecule has 6 heteroatoms. The predicted octanol–water partition coefficient (Wildman–Crippen LogP) is 3.34. The summed E-state index contributed by atoms with van der Waals surface area (Å²) in [6, 6.07) is 3.34. The first-order valence-corrected chi connectivity index (χ1v) is 8.57. The lowest BCUT2D eigenvalue weighted by Gasteiger charge is -2.31. The molecule has 1 saturated heterocycles. The van der Waals surface area contributed by atoms with Gasteiger partial charge in [-0.05, 0) is 43.7 Å². The Hall–Kier alpha value is -1.04. The molecule has 2 N–H and O–H groups in total. The molecule has 1 aromatic rings. The van der Waals surface area contributed by atoms with Crippen LogP contribution in [0.25, 0.3) is 0 Å². The van der Waals surface area contributed by atoms with Crippen molar-refractivity contribution >= 4 is 18.4 Å². The Bertz CT molecular complexity index is 477. The van der Waals surface area contributed by atoms with Crippen LogP contribution in [0.15, 0.2) is 22.8 Å². The molecule has 1 aromatic heterocycles. The fourth-order valence-electron chi connectivity index (χ4n) is 3.08. The highest BCUT2D eigenvalue weighted by atomic mass is 35.5. The van der Waals surface area contributed by atoms with Gasteiger partial charge in [0.25, 0.3) is 0 Å². The lowest BCUT2D eigenvalue weighted by Crippen LogP contribution is -2.41. The van der Waals surface area contributed by atoms with Gasteiger partial charge in [-0.2, -0.15) is 0 Å². The zero-order valence-corrected chi connectivity index (χ0v) is 15.6. The second-order valence-electron chi connectivity index (χ2n) is 6.91. The molecule has 0 radical (unpaired) electrons. The van der Waals surface area contributed by atoms with Crippen molar-refractivity contribution in [2.24, 2.45) is 17.6 Å². The van der Waals surface area contributed by atoms with E-state index in [2.05, 4.69) is 13.8 Å². The summed E-state index contributed by atoms with van der Waals surface area (Å²) in [6.07, 6.45) is 4.49. The third-order valence-corrected chi connectivity index (χ3v) is 4.29. The fraction of sp³-hybridized carbons (Fsp3) is 0.722. The summed E-state index contributed by atoms with van der Waals surface area (Å²) in [5.74, 6) is 1.29. The van der Waals surface area contributed by atoms with Gasteiger partial charge in [0.05, 0.1) is 12.4 Å². The molecule has 0 amide bonds. The second-order valence-corrected chi connectivity index (χ2v) is 6.91. The van der Waals surface area contributed by atoms with Crippen LogP contribution in [0.4, 0.5) is 0 Å². The molecule has 5 nitrogen and oxygen atoms in total. The van der Waals surface area contributed by atoms with Crippen LogP contribution in [0.3, 0.4) is 0 Å². The van der Waals surface area contributed by atoms with Crippen molar-refractivity contribution < 1.29 is 18.7 Å². The van der Waals surface area contributed by atoms with Gasteiger partial charge < -0.3 is 19.6 Å². The van der Waals surface area contributed by atoms with Crippen molar-refractivity contribution in [2.75, 3.05) is 6.61 Å². The van der Waals surface area contributed by atoms with Crippen molar-refractivity contribution in [3.8, 4) is 0 Å². The number of ether oxygens (including phenoxy) is 2. The van der Waals surface area contributed by atoms with Crippen molar-refractivity contribution in [2.45, 2.75) is 64.7 Å². The highest BCUT2D eigenvalue weighted by Crippen LogP contribution is 2.27. The third-order valence-electron chi connectivity index (χ3n) is 4.29. The lowest BCUT2D eigenvalue weighted by atomic mass is 9.88. The second kappa shape index (κ2) is 10.1. The molecule has 1 aliphatic heterocycles. The molecule has 4 atom stereocenters. The van der Waals surface area contributed by atoms with Gasteiger partial charge in [-0.15, -0.1) is 12.4 Å². The average molecular weight is 360 g/mol. The molecule has 2 rings (SSSR count). The van der Waals surface area contributed by atoms with E-state index < -0.39 is 6.04 Å².